The number of rotatable bonds is 8. The first kappa shape index (κ1) is 14.9. The lowest BCUT2D eigenvalue weighted by Crippen LogP contribution is -2.04. The molecular formula is C13H18N2O4. The molecule has 0 amide bonds. The van der Waals surface area contributed by atoms with E-state index in [4.69, 9.17) is 5.11 Å². The molecule has 2 N–H and O–H groups in total. The molecule has 1 aromatic rings. The molecule has 6 heteroatoms. The van der Waals surface area contributed by atoms with Crippen LogP contribution in [0.1, 0.15) is 31.2 Å². The molecule has 0 aromatic heterocycles. The lowest BCUT2D eigenvalue weighted by atomic mass is 10.1. The van der Waals surface area contributed by atoms with Crippen molar-refractivity contribution >= 4 is 17.3 Å². The van der Waals surface area contributed by atoms with Gasteiger partial charge in [-0.15, -0.1) is 0 Å². The van der Waals surface area contributed by atoms with Gasteiger partial charge in [0.25, 0.3) is 5.69 Å². The fourth-order valence-corrected chi connectivity index (χ4v) is 1.81. The molecule has 0 aliphatic rings. The van der Waals surface area contributed by atoms with Gasteiger partial charge in [0.05, 0.1) is 4.92 Å². The molecule has 0 heterocycles. The topological polar surface area (TPSA) is 92.5 Å². The van der Waals surface area contributed by atoms with Gasteiger partial charge in [-0.05, 0) is 25.8 Å². The molecule has 0 unspecified atom stereocenters. The van der Waals surface area contributed by atoms with E-state index in [1.54, 1.807) is 19.1 Å². The fraction of sp³-hybridized carbons (Fsp3) is 0.462. The van der Waals surface area contributed by atoms with Gasteiger partial charge in [0, 0.05) is 30.3 Å². The van der Waals surface area contributed by atoms with Crippen LogP contribution in [0.2, 0.25) is 0 Å². The largest absolute Gasteiger partial charge is 0.481 e. The van der Waals surface area contributed by atoms with Gasteiger partial charge in [0.2, 0.25) is 0 Å². The van der Waals surface area contributed by atoms with E-state index >= 15 is 0 Å². The average Bonchev–Trinajstić information content (AvgIpc) is 2.34. The Morgan fingerprint density at radius 1 is 1.37 bits per heavy atom. The fourth-order valence-electron chi connectivity index (χ4n) is 1.81. The second-order valence-electron chi connectivity index (χ2n) is 4.34. The molecule has 1 rings (SSSR count). The number of nitrogens with zero attached hydrogens (tertiary/aromatic N) is 1. The zero-order chi connectivity index (χ0) is 14.3. The van der Waals surface area contributed by atoms with Gasteiger partial charge < -0.3 is 10.4 Å². The van der Waals surface area contributed by atoms with E-state index < -0.39 is 10.9 Å². The first-order valence-corrected chi connectivity index (χ1v) is 6.22. The number of hydrogen-bond acceptors (Lipinski definition) is 4. The molecule has 0 radical (unpaired) electrons. The van der Waals surface area contributed by atoms with Crippen LogP contribution in [0.5, 0.6) is 0 Å². The smallest absolute Gasteiger partial charge is 0.303 e. The van der Waals surface area contributed by atoms with Gasteiger partial charge >= 0.3 is 5.97 Å². The first-order valence-electron chi connectivity index (χ1n) is 6.22. The second-order valence-corrected chi connectivity index (χ2v) is 4.34. The number of carboxylic acid groups (broad SMARTS) is 1. The highest BCUT2D eigenvalue weighted by Gasteiger charge is 2.12. The van der Waals surface area contributed by atoms with Crippen molar-refractivity contribution in [3.05, 3.63) is 33.9 Å². The van der Waals surface area contributed by atoms with Crippen molar-refractivity contribution in [2.75, 3.05) is 11.9 Å². The highest BCUT2D eigenvalue weighted by Crippen LogP contribution is 2.24. The van der Waals surface area contributed by atoms with Gasteiger partial charge in [0.15, 0.2) is 0 Å². The third kappa shape index (κ3) is 4.95. The van der Waals surface area contributed by atoms with Crippen LogP contribution in [-0.4, -0.2) is 22.5 Å². The third-order valence-electron chi connectivity index (χ3n) is 2.88. The van der Waals surface area contributed by atoms with Crippen LogP contribution in [0.25, 0.3) is 0 Å². The molecule has 0 spiro atoms. The average molecular weight is 266 g/mol. The molecular weight excluding hydrogens is 248 g/mol. The van der Waals surface area contributed by atoms with Crippen molar-refractivity contribution in [3.8, 4) is 0 Å². The maximum Gasteiger partial charge on any atom is 0.303 e. The summed E-state index contributed by atoms with van der Waals surface area (Å²) < 4.78 is 0. The van der Waals surface area contributed by atoms with Crippen LogP contribution in [0.3, 0.4) is 0 Å². The number of carbonyl (C=O) groups is 1. The highest BCUT2D eigenvalue weighted by atomic mass is 16.6. The second kappa shape index (κ2) is 7.35. The van der Waals surface area contributed by atoms with Gasteiger partial charge in [-0.25, -0.2) is 0 Å². The van der Waals surface area contributed by atoms with E-state index in [-0.39, 0.29) is 12.1 Å². The number of unbranched alkanes of at least 4 members (excludes halogenated alkanes) is 2. The summed E-state index contributed by atoms with van der Waals surface area (Å²) >= 11 is 0. The van der Waals surface area contributed by atoms with E-state index in [1.165, 1.54) is 6.07 Å². The number of aliphatic carboxylic acids is 1. The lowest BCUT2D eigenvalue weighted by Gasteiger charge is -2.09. The molecule has 0 saturated heterocycles. The zero-order valence-electron chi connectivity index (χ0n) is 10.9. The molecule has 0 atom stereocenters. The Morgan fingerprint density at radius 2 is 2.11 bits per heavy atom. The Bertz CT molecular complexity index is 460. The van der Waals surface area contributed by atoms with E-state index in [9.17, 15) is 14.9 Å². The third-order valence-corrected chi connectivity index (χ3v) is 2.88. The van der Waals surface area contributed by atoms with E-state index in [0.717, 1.165) is 18.5 Å². The van der Waals surface area contributed by atoms with Crippen LogP contribution < -0.4 is 5.32 Å². The molecule has 104 valence electrons. The summed E-state index contributed by atoms with van der Waals surface area (Å²) in [5.41, 5.74) is 1.49. The van der Waals surface area contributed by atoms with Crippen LogP contribution in [0.15, 0.2) is 18.2 Å². The zero-order valence-corrected chi connectivity index (χ0v) is 10.9. The number of carboxylic acids is 1. The summed E-state index contributed by atoms with van der Waals surface area (Å²) in [4.78, 5) is 20.7. The quantitative estimate of drug-likeness (QED) is 0.428. The van der Waals surface area contributed by atoms with Crippen LogP contribution in [0.4, 0.5) is 11.4 Å². The summed E-state index contributed by atoms with van der Waals surface area (Å²) in [7, 11) is 0. The summed E-state index contributed by atoms with van der Waals surface area (Å²) in [6, 6.07) is 4.94. The monoisotopic (exact) mass is 266 g/mol. The molecule has 0 aliphatic heterocycles. The summed E-state index contributed by atoms with van der Waals surface area (Å²) in [6.45, 7) is 2.40. The maximum absolute atomic E-state index is 10.8. The van der Waals surface area contributed by atoms with Crippen molar-refractivity contribution < 1.29 is 14.8 Å². The molecule has 19 heavy (non-hydrogen) atoms. The van der Waals surface area contributed by atoms with Crippen LogP contribution >= 0.6 is 0 Å². The number of nitro groups is 1. The summed E-state index contributed by atoms with van der Waals surface area (Å²) in [5, 5.41) is 22.4. The van der Waals surface area contributed by atoms with Crippen LogP contribution in [0, 0.1) is 17.0 Å². The maximum atomic E-state index is 10.8. The predicted molar refractivity (Wildman–Crippen MR) is 72.4 cm³/mol. The Balaban J connectivity index is 2.39. The SMILES string of the molecule is Cc1c(NCCCCCC(=O)O)cccc1[N+](=O)[O-]. The van der Waals surface area contributed by atoms with E-state index in [2.05, 4.69) is 5.32 Å². The van der Waals surface area contributed by atoms with Gasteiger partial charge in [-0.2, -0.15) is 0 Å². The Kier molecular flexibility index (Phi) is 5.78. The minimum Gasteiger partial charge on any atom is -0.481 e. The molecule has 1 aromatic carbocycles. The number of benzene rings is 1. The number of hydrogen-bond donors (Lipinski definition) is 2. The Morgan fingerprint density at radius 3 is 2.74 bits per heavy atom. The van der Waals surface area contributed by atoms with Gasteiger partial charge in [0.1, 0.15) is 0 Å². The molecule has 0 fully saturated rings. The molecule has 0 bridgehead atoms. The summed E-state index contributed by atoms with van der Waals surface area (Å²) in [6.07, 6.45) is 2.52. The van der Waals surface area contributed by atoms with E-state index in [1.807, 2.05) is 0 Å². The van der Waals surface area contributed by atoms with Crippen molar-refractivity contribution in [2.45, 2.75) is 32.6 Å². The number of anilines is 1. The summed E-state index contributed by atoms with van der Waals surface area (Å²) in [5.74, 6) is -0.775. The molecule has 0 aliphatic carbocycles. The molecule has 6 nitrogen and oxygen atoms in total. The standard InChI is InChI=1S/C13H18N2O4/c1-10-11(6-5-7-12(10)15(18)19)14-9-4-2-3-8-13(16)17/h5-7,14H,2-4,8-9H2,1H3,(H,16,17). The Hall–Kier alpha value is -2.11. The van der Waals surface area contributed by atoms with Gasteiger partial charge in [-0.3, -0.25) is 14.9 Å². The van der Waals surface area contributed by atoms with Crippen molar-refractivity contribution in [3.63, 3.8) is 0 Å². The minimum atomic E-state index is -0.775. The minimum absolute atomic E-state index is 0.107. The first-order chi connectivity index (χ1) is 9.02. The Labute approximate surface area is 111 Å². The van der Waals surface area contributed by atoms with E-state index in [0.29, 0.717) is 18.5 Å². The van der Waals surface area contributed by atoms with Crippen molar-refractivity contribution in [2.24, 2.45) is 0 Å². The highest BCUT2D eigenvalue weighted by molar-refractivity contribution is 5.66. The normalized spacial score (nSPS) is 10.2. The van der Waals surface area contributed by atoms with Crippen molar-refractivity contribution in [1.82, 2.24) is 0 Å². The lowest BCUT2D eigenvalue weighted by molar-refractivity contribution is -0.385. The number of nitro benzene ring substituents is 1. The predicted octanol–water partition coefficient (Wildman–Crippen LogP) is 2.96. The van der Waals surface area contributed by atoms with Crippen LogP contribution in [-0.2, 0) is 4.79 Å². The van der Waals surface area contributed by atoms with Crippen molar-refractivity contribution in [1.29, 1.82) is 0 Å². The number of nitrogens with one attached hydrogen (secondary N) is 1. The molecule has 0 saturated carbocycles. The van der Waals surface area contributed by atoms with Gasteiger partial charge in [-0.1, -0.05) is 12.5 Å².